The van der Waals surface area contributed by atoms with E-state index in [1.807, 2.05) is 4.68 Å². The second-order valence-corrected chi connectivity index (χ2v) is 5.17. The maximum Gasteiger partial charge on any atom is 0.165 e. The van der Waals surface area contributed by atoms with E-state index in [4.69, 9.17) is 0 Å². The van der Waals surface area contributed by atoms with Gasteiger partial charge in [0.25, 0.3) is 0 Å². The predicted molar refractivity (Wildman–Crippen MR) is 59.6 cm³/mol. The third-order valence-corrected chi connectivity index (χ3v) is 3.94. The van der Waals surface area contributed by atoms with Crippen molar-refractivity contribution in [1.82, 2.24) is 25.5 Å². The highest BCUT2D eigenvalue weighted by molar-refractivity contribution is 5.04. The van der Waals surface area contributed by atoms with E-state index in [1.165, 1.54) is 25.7 Å². The van der Waals surface area contributed by atoms with Crippen molar-refractivity contribution in [2.24, 2.45) is 11.3 Å². The molecule has 88 valence electrons. The van der Waals surface area contributed by atoms with Gasteiger partial charge in [-0.15, -0.1) is 5.10 Å². The number of nitrogens with one attached hydrogen (secondary N) is 1. The molecule has 2 fully saturated rings. The molecule has 16 heavy (non-hydrogen) atoms. The first-order valence-electron chi connectivity index (χ1n) is 6.30. The van der Waals surface area contributed by atoms with Crippen LogP contribution in [0.15, 0.2) is 0 Å². The van der Waals surface area contributed by atoms with Gasteiger partial charge in [0.2, 0.25) is 0 Å². The minimum absolute atomic E-state index is 0.566. The summed E-state index contributed by atoms with van der Waals surface area (Å²) in [6.45, 7) is 4.87. The quantitative estimate of drug-likeness (QED) is 0.777. The third kappa shape index (κ3) is 1.84. The summed E-state index contributed by atoms with van der Waals surface area (Å²) in [5.41, 5.74) is 0.566. The van der Waals surface area contributed by atoms with Gasteiger partial charge in [0.05, 0.1) is 13.1 Å². The maximum absolute atomic E-state index is 4.12. The molecule has 1 N–H and O–H groups in total. The third-order valence-electron chi connectivity index (χ3n) is 3.94. The van der Waals surface area contributed by atoms with Gasteiger partial charge in [0.1, 0.15) is 0 Å². The van der Waals surface area contributed by atoms with E-state index in [0.29, 0.717) is 5.41 Å². The van der Waals surface area contributed by atoms with Gasteiger partial charge in [0.15, 0.2) is 5.82 Å². The number of nitrogens with zero attached hydrogens (tertiary/aromatic N) is 4. The van der Waals surface area contributed by atoms with Crippen molar-refractivity contribution in [3.05, 3.63) is 5.82 Å². The number of aromatic nitrogens is 4. The molecule has 0 radical (unpaired) electrons. The molecule has 3 rings (SSSR count). The first-order chi connectivity index (χ1) is 7.84. The van der Waals surface area contributed by atoms with Crippen LogP contribution < -0.4 is 5.32 Å². The first kappa shape index (κ1) is 10.2. The fraction of sp³-hybridized carbons (Fsp3) is 0.909. The van der Waals surface area contributed by atoms with Crippen LogP contribution in [-0.2, 0) is 13.1 Å². The standard InChI is InChI=1S/C11H19N5/c1-2-12-7-10-13-14-15-16(10)8-11(5-6-11)9-3-4-9/h9,12H,2-8H2,1H3. The molecule has 2 aliphatic carbocycles. The lowest BCUT2D eigenvalue weighted by Crippen LogP contribution is -2.21. The van der Waals surface area contributed by atoms with Gasteiger partial charge in [0, 0.05) is 0 Å². The Hall–Kier alpha value is -0.970. The summed E-state index contributed by atoms with van der Waals surface area (Å²) in [5.74, 6) is 1.94. The van der Waals surface area contributed by atoms with E-state index in [9.17, 15) is 0 Å². The average molecular weight is 221 g/mol. The zero-order valence-electron chi connectivity index (χ0n) is 9.82. The zero-order chi connectivity index (χ0) is 11.0. The number of rotatable bonds is 6. The molecule has 0 bridgehead atoms. The van der Waals surface area contributed by atoms with E-state index < -0.39 is 0 Å². The van der Waals surface area contributed by atoms with Gasteiger partial charge < -0.3 is 5.32 Å². The highest BCUT2D eigenvalue weighted by Crippen LogP contribution is 2.62. The zero-order valence-corrected chi connectivity index (χ0v) is 9.82. The lowest BCUT2D eigenvalue weighted by Gasteiger charge is -2.14. The molecule has 2 aliphatic rings. The van der Waals surface area contributed by atoms with Gasteiger partial charge in [-0.05, 0) is 54.0 Å². The fourth-order valence-electron chi connectivity index (χ4n) is 2.56. The Morgan fingerprint density at radius 1 is 1.44 bits per heavy atom. The van der Waals surface area contributed by atoms with Crippen LogP contribution in [0.25, 0.3) is 0 Å². The minimum atomic E-state index is 0.566. The Morgan fingerprint density at radius 3 is 2.88 bits per heavy atom. The molecule has 0 saturated heterocycles. The predicted octanol–water partition coefficient (Wildman–Crippen LogP) is 0.973. The molecule has 5 nitrogen and oxygen atoms in total. The van der Waals surface area contributed by atoms with E-state index in [0.717, 1.165) is 31.4 Å². The molecule has 0 aliphatic heterocycles. The highest BCUT2D eigenvalue weighted by Gasteiger charge is 2.54. The van der Waals surface area contributed by atoms with Crippen molar-refractivity contribution in [3.8, 4) is 0 Å². The highest BCUT2D eigenvalue weighted by atomic mass is 15.5. The van der Waals surface area contributed by atoms with Gasteiger partial charge >= 0.3 is 0 Å². The van der Waals surface area contributed by atoms with Crippen molar-refractivity contribution in [3.63, 3.8) is 0 Å². The van der Waals surface area contributed by atoms with Gasteiger partial charge in [-0.3, -0.25) is 0 Å². The Bertz CT molecular complexity index is 364. The number of hydrogen-bond acceptors (Lipinski definition) is 4. The molecular weight excluding hydrogens is 202 g/mol. The van der Waals surface area contributed by atoms with Crippen LogP contribution in [0.1, 0.15) is 38.4 Å². The van der Waals surface area contributed by atoms with Crippen LogP contribution in [0, 0.1) is 11.3 Å². The maximum atomic E-state index is 4.12. The van der Waals surface area contributed by atoms with Crippen molar-refractivity contribution < 1.29 is 0 Å². The van der Waals surface area contributed by atoms with Crippen molar-refractivity contribution in [2.75, 3.05) is 6.54 Å². The Balaban J connectivity index is 1.67. The second kappa shape index (κ2) is 3.80. The Morgan fingerprint density at radius 2 is 2.25 bits per heavy atom. The lowest BCUT2D eigenvalue weighted by atomic mass is 10.0. The summed E-state index contributed by atoms with van der Waals surface area (Å²) in [6.07, 6.45) is 5.59. The van der Waals surface area contributed by atoms with E-state index >= 15 is 0 Å². The topological polar surface area (TPSA) is 55.6 Å². The Kier molecular flexibility index (Phi) is 2.42. The fourth-order valence-corrected chi connectivity index (χ4v) is 2.56. The molecule has 0 amide bonds. The molecule has 0 atom stereocenters. The summed E-state index contributed by atoms with van der Waals surface area (Å²) in [7, 11) is 0. The lowest BCUT2D eigenvalue weighted by molar-refractivity contribution is 0.338. The summed E-state index contributed by atoms with van der Waals surface area (Å²) >= 11 is 0. The molecule has 0 aromatic carbocycles. The van der Waals surface area contributed by atoms with Crippen LogP contribution in [0.5, 0.6) is 0 Å². The van der Waals surface area contributed by atoms with E-state index in [-0.39, 0.29) is 0 Å². The van der Waals surface area contributed by atoms with Crippen LogP contribution in [0.4, 0.5) is 0 Å². The number of hydrogen-bond donors (Lipinski definition) is 1. The van der Waals surface area contributed by atoms with Crippen LogP contribution >= 0.6 is 0 Å². The summed E-state index contributed by atoms with van der Waals surface area (Å²) in [5, 5.41) is 15.3. The summed E-state index contributed by atoms with van der Waals surface area (Å²) in [6, 6.07) is 0. The molecule has 0 spiro atoms. The number of tetrazole rings is 1. The van der Waals surface area contributed by atoms with Gasteiger partial charge in [-0.1, -0.05) is 6.92 Å². The van der Waals surface area contributed by atoms with Crippen molar-refractivity contribution in [2.45, 2.75) is 45.7 Å². The minimum Gasteiger partial charge on any atom is -0.310 e. The van der Waals surface area contributed by atoms with Crippen LogP contribution in [-0.4, -0.2) is 26.8 Å². The normalized spacial score (nSPS) is 22.3. The molecule has 1 aromatic heterocycles. The second-order valence-electron chi connectivity index (χ2n) is 5.17. The average Bonchev–Trinajstić information content (AvgIpc) is 3.15. The smallest absolute Gasteiger partial charge is 0.165 e. The SMILES string of the molecule is CCNCc1nnnn1CC1(C2CC2)CC1. The van der Waals surface area contributed by atoms with E-state index in [2.05, 4.69) is 27.8 Å². The summed E-state index contributed by atoms with van der Waals surface area (Å²) in [4.78, 5) is 0. The van der Waals surface area contributed by atoms with Crippen LogP contribution in [0.2, 0.25) is 0 Å². The first-order valence-corrected chi connectivity index (χ1v) is 6.30. The van der Waals surface area contributed by atoms with Crippen LogP contribution in [0.3, 0.4) is 0 Å². The van der Waals surface area contributed by atoms with Crippen molar-refractivity contribution >= 4 is 0 Å². The molecule has 0 unspecified atom stereocenters. The molecule has 1 aromatic rings. The Labute approximate surface area is 95.6 Å². The molecular formula is C11H19N5. The molecule has 1 heterocycles. The largest absolute Gasteiger partial charge is 0.310 e. The van der Waals surface area contributed by atoms with Gasteiger partial charge in [-0.2, -0.15) is 0 Å². The van der Waals surface area contributed by atoms with E-state index in [1.54, 1.807) is 0 Å². The molecule has 2 saturated carbocycles. The monoisotopic (exact) mass is 221 g/mol. The summed E-state index contributed by atoms with van der Waals surface area (Å²) < 4.78 is 2.01. The van der Waals surface area contributed by atoms with Gasteiger partial charge in [-0.25, -0.2) is 4.68 Å². The molecule has 5 heteroatoms. The van der Waals surface area contributed by atoms with Crippen molar-refractivity contribution in [1.29, 1.82) is 0 Å².